The zero-order valence-corrected chi connectivity index (χ0v) is 11.1. The van der Waals surface area contributed by atoms with Crippen LogP contribution in [0.15, 0.2) is 40.8 Å². The normalized spacial score (nSPS) is 11.8. The summed E-state index contributed by atoms with van der Waals surface area (Å²) >= 11 is 0. The first kappa shape index (κ1) is 12.0. The Hall–Kier alpha value is -1.50. The highest BCUT2D eigenvalue weighted by molar-refractivity contribution is 5.64. The molecule has 2 aromatic rings. The Labute approximate surface area is 103 Å². The van der Waals surface area contributed by atoms with Gasteiger partial charge in [-0.05, 0) is 23.1 Å². The van der Waals surface area contributed by atoms with Crippen molar-refractivity contribution in [2.75, 3.05) is 0 Å². The van der Waals surface area contributed by atoms with Gasteiger partial charge in [0.25, 0.3) is 0 Å². The van der Waals surface area contributed by atoms with Gasteiger partial charge >= 0.3 is 0 Å². The van der Waals surface area contributed by atoms with E-state index in [4.69, 9.17) is 4.42 Å². The lowest BCUT2D eigenvalue weighted by Gasteiger charge is -2.21. The third-order valence-electron chi connectivity index (χ3n) is 3.01. The molecule has 0 N–H and O–H groups in total. The van der Waals surface area contributed by atoms with Gasteiger partial charge < -0.3 is 4.42 Å². The highest BCUT2D eigenvalue weighted by atomic mass is 16.3. The smallest absolute Gasteiger partial charge is 0.134 e. The lowest BCUT2D eigenvalue weighted by atomic mass is 9.83. The number of furan rings is 1. The van der Waals surface area contributed by atoms with Gasteiger partial charge in [0.2, 0.25) is 0 Å². The molecule has 17 heavy (non-hydrogen) atoms. The minimum Gasteiger partial charge on any atom is -0.461 e. The number of hydrogen-bond donors (Lipinski definition) is 0. The van der Waals surface area contributed by atoms with E-state index in [0.29, 0.717) is 0 Å². The van der Waals surface area contributed by atoms with Gasteiger partial charge in [-0.1, -0.05) is 52.0 Å². The number of hydrogen-bond acceptors (Lipinski definition) is 1. The van der Waals surface area contributed by atoms with E-state index in [1.54, 1.807) is 0 Å². The van der Waals surface area contributed by atoms with Crippen LogP contribution in [-0.2, 0) is 11.8 Å². The molecule has 0 radical (unpaired) electrons. The lowest BCUT2D eigenvalue weighted by Crippen LogP contribution is -2.12. The molecule has 1 nitrogen and oxygen atoms in total. The minimum absolute atomic E-state index is 0.135. The number of rotatable bonds is 2. The van der Waals surface area contributed by atoms with Gasteiger partial charge in [0, 0.05) is 12.0 Å². The van der Waals surface area contributed by atoms with Crippen molar-refractivity contribution in [3.63, 3.8) is 0 Å². The molecule has 0 amide bonds. The fourth-order valence-corrected chi connectivity index (χ4v) is 2.06. The molecule has 0 aliphatic heterocycles. The molecule has 0 saturated heterocycles. The third-order valence-corrected chi connectivity index (χ3v) is 3.01. The van der Waals surface area contributed by atoms with E-state index in [9.17, 15) is 0 Å². The molecule has 0 unspecified atom stereocenters. The van der Waals surface area contributed by atoms with Gasteiger partial charge in [-0.2, -0.15) is 0 Å². The third kappa shape index (κ3) is 2.44. The molecule has 0 aliphatic carbocycles. The van der Waals surface area contributed by atoms with E-state index >= 15 is 0 Å². The van der Waals surface area contributed by atoms with Gasteiger partial charge in [0.05, 0.1) is 0 Å². The maximum absolute atomic E-state index is 5.85. The first-order valence-corrected chi connectivity index (χ1v) is 6.21. The average molecular weight is 228 g/mol. The van der Waals surface area contributed by atoms with Crippen molar-refractivity contribution in [2.45, 2.75) is 39.5 Å². The topological polar surface area (TPSA) is 13.1 Å². The lowest BCUT2D eigenvalue weighted by molar-refractivity contribution is 0.524. The first-order chi connectivity index (χ1) is 8.02. The molecule has 90 valence electrons. The standard InChI is InChI=1S/C16H20O/c1-5-12-10-11-15(17-12)13-8-6-7-9-14(13)16(2,3)4/h6-11H,5H2,1-4H3. The van der Waals surface area contributed by atoms with Gasteiger partial charge in [0.1, 0.15) is 11.5 Å². The Kier molecular flexibility index (Phi) is 3.10. The zero-order valence-electron chi connectivity index (χ0n) is 11.1. The Morgan fingerprint density at radius 1 is 1.00 bits per heavy atom. The Morgan fingerprint density at radius 2 is 1.71 bits per heavy atom. The summed E-state index contributed by atoms with van der Waals surface area (Å²) in [6, 6.07) is 12.6. The van der Waals surface area contributed by atoms with E-state index in [1.165, 1.54) is 11.1 Å². The summed E-state index contributed by atoms with van der Waals surface area (Å²) in [5.74, 6) is 2.02. The van der Waals surface area contributed by atoms with Gasteiger partial charge in [-0.15, -0.1) is 0 Å². The summed E-state index contributed by atoms with van der Waals surface area (Å²) < 4.78 is 5.85. The van der Waals surface area contributed by atoms with Crippen LogP contribution in [0.25, 0.3) is 11.3 Å². The van der Waals surface area contributed by atoms with Crippen LogP contribution >= 0.6 is 0 Å². The Balaban J connectivity index is 2.52. The molecule has 0 bridgehead atoms. The molecule has 1 aromatic carbocycles. The molecule has 0 saturated carbocycles. The highest BCUT2D eigenvalue weighted by Gasteiger charge is 2.19. The van der Waals surface area contributed by atoms with Crippen molar-refractivity contribution < 1.29 is 4.42 Å². The van der Waals surface area contributed by atoms with Gasteiger partial charge in [0.15, 0.2) is 0 Å². The van der Waals surface area contributed by atoms with Crippen LogP contribution in [0.4, 0.5) is 0 Å². The second-order valence-electron chi connectivity index (χ2n) is 5.42. The highest BCUT2D eigenvalue weighted by Crippen LogP contribution is 2.33. The van der Waals surface area contributed by atoms with Crippen LogP contribution in [0.2, 0.25) is 0 Å². The molecule has 0 spiro atoms. The van der Waals surface area contributed by atoms with E-state index < -0.39 is 0 Å². The van der Waals surface area contributed by atoms with Crippen LogP contribution in [-0.4, -0.2) is 0 Å². The molecular weight excluding hydrogens is 208 g/mol. The molecule has 0 atom stereocenters. The molecule has 0 fully saturated rings. The van der Waals surface area contributed by atoms with E-state index in [0.717, 1.165) is 17.9 Å². The second kappa shape index (κ2) is 4.40. The van der Waals surface area contributed by atoms with Crippen molar-refractivity contribution >= 4 is 0 Å². The van der Waals surface area contributed by atoms with Crippen molar-refractivity contribution in [2.24, 2.45) is 0 Å². The molecule has 2 rings (SSSR count). The largest absolute Gasteiger partial charge is 0.461 e. The number of benzene rings is 1. The first-order valence-electron chi connectivity index (χ1n) is 6.21. The maximum atomic E-state index is 5.85. The van der Waals surface area contributed by atoms with E-state index in [2.05, 4.69) is 64.1 Å². The Morgan fingerprint density at radius 3 is 2.29 bits per heavy atom. The van der Waals surface area contributed by atoms with Crippen molar-refractivity contribution in [3.05, 3.63) is 47.7 Å². The van der Waals surface area contributed by atoms with Gasteiger partial charge in [-0.25, -0.2) is 0 Å². The number of aryl methyl sites for hydroxylation is 1. The minimum atomic E-state index is 0.135. The molecule has 1 heterocycles. The predicted octanol–water partition coefficient (Wildman–Crippen LogP) is 4.81. The van der Waals surface area contributed by atoms with E-state index in [1.807, 2.05) is 0 Å². The average Bonchev–Trinajstić information content (AvgIpc) is 2.76. The van der Waals surface area contributed by atoms with Crippen molar-refractivity contribution in [3.8, 4) is 11.3 Å². The zero-order chi connectivity index (χ0) is 12.5. The van der Waals surface area contributed by atoms with E-state index in [-0.39, 0.29) is 5.41 Å². The summed E-state index contributed by atoms with van der Waals surface area (Å²) in [6.45, 7) is 8.80. The van der Waals surface area contributed by atoms with Crippen LogP contribution in [0, 0.1) is 0 Å². The molecular formula is C16H20O. The summed E-state index contributed by atoms with van der Waals surface area (Å²) in [7, 11) is 0. The van der Waals surface area contributed by atoms with Gasteiger partial charge in [-0.3, -0.25) is 0 Å². The fraction of sp³-hybridized carbons (Fsp3) is 0.375. The molecule has 1 heteroatoms. The predicted molar refractivity (Wildman–Crippen MR) is 72.2 cm³/mol. The van der Waals surface area contributed by atoms with Crippen molar-refractivity contribution in [1.82, 2.24) is 0 Å². The summed E-state index contributed by atoms with van der Waals surface area (Å²) in [4.78, 5) is 0. The van der Waals surface area contributed by atoms with Crippen LogP contribution < -0.4 is 0 Å². The maximum Gasteiger partial charge on any atom is 0.134 e. The molecule has 0 aliphatic rings. The van der Waals surface area contributed by atoms with Crippen LogP contribution in [0.1, 0.15) is 39.0 Å². The SMILES string of the molecule is CCc1ccc(-c2ccccc2C(C)(C)C)o1. The summed E-state index contributed by atoms with van der Waals surface area (Å²) in [5, 5.41) is 0. The quantitative estimate of drug-likeness (QED) is 0.719. The Bertz CT molecular complexity index is 500. The monoisotopic (exact) mass is 228 g/mol. The second-order valence-corrected chi connectivity index (χ2v) is 5.42. The molecule has 1 aromatic heterocycles. The fourth-order valence-electron chi connectivity index (χ4n) is 2.06. The van der Waals surface area contributed by atoms with Crippen LogP contribution in [0.5, 0.6) is 0 Å². The van der Waals surface area contributed by atoms with Crippen molar-refractivity contribution in [1.29, 1.82) is 0 Å². The van der Waals surface area contributed by atoms with Crippen LogP contribution in [0.3, 0.4) is 0 Å². The summed E-state index contributed by atoms with van der Waals surface area (Å²) in [5.41, 5.74) is 2.67. The summed E-state index contributed by atoms with van der Waals surface area (Å²) in [6.07, 6.45) is 0.942.